The van der Waals surface area contributed by atoms with Crippen LogP contribution in [0.2, 0.25) is 5.02 Å². The molecule has 1 aromatic carbocycles. The molecule has 25 heavy (non-hydrogen) atoms. The van der Waals surface area contributed by atoms with Crippen molar-refractivity contribution in [2.45, 2.75) is 25.6 Å². The van der Waals surface area contributed by atoms with Gasteiger partial charge in [-0.3, -0.25) is 4.79 Å². The van der Waals surface area contributed by atoms with Gasteiger partial charge < -0.3 is 10.1 Å². The van der Waals surface area contributed by atoms with Crippen LogP contribution in [0.3, 0.4) is 0 Å². The van der Waals surface area contributed by atoms with Crippen molar-refractivity contribution < 1.29 is 22.7 Å². The number of ether oxygens (including phenoxy) is 1. The highest BCUT2D eigenvalue weighted by atomic mass is 35.5. The maximum atomic E-state index is 12.1. The summed E-state index contributed by atoms with van der Waals surface area (Å²) < 4.78 is 41.0. The Bertz CT molecular complexity index is 723. The van der Waals surface area contributed by atoms with Gasteiger partial charge in [-0.15, -0.1) is 0 Å². The Balaban J connectivity index is 1.80. The Kier molecular flexibility index (Phi) is 6.64. The Morgan fingerprint density at radius 1 is 1.24 bits per heavy atom. The molecule has 0 fully saturated rings. The van der Waals surface area contributed by atoms with Crippen LogP contribution in [-0.2, 0) is 17.8 Å². The maximum Gasteiger partial charge on any atom is 0.422 e. The van der Waals surface area contributed by atoms with E-state index in [9.17, 15) is 18.0 Å². The van der Waals surface area contributed by atoms with Gasteiger partial charge in [0.15, 0.2) is 6.61 Å². The monoisotopic (exact) mass is 372 g/mol. The quantitative estimate of drug-likeness (QED) is 0.801. The average molecular weight is 373 g/mol. The molecule has 2 aromatic rings. The SMILES string of the molecule is O=C(CCc1ccccc1Cl)NCc1ccnc(OCC(F)(F)F)c1. The Morgan fingerprint density at radius 3 is 2.72 bits per heavy atom. The Labute approximate surface area is 148 Å². The topological polar surface area (TPSA) is 51.2 Å². The number of aromatic nitrogens is 1. The molecule has 0 saturated carbocycles. The van der Waals surface area contributed by atoms with Crippen LogP contribution in [0.4, 0.5) is 13.2 Å². The van der Waals surface area contributed by atoms with Gasteiger partial charge >= 0.3 is 6.18 Å². The lowest BCUT2D eigenvalue weighted by atomic mass is 10.1. The van der Waals surface area contributed by atoms with E-state index in [-0.39, 0.29) is 24.8 Å². The summed E-state index contributed by atoms with van der Waals surface area (Å²) in [6, 6.07) is 10.2. The van der Waals surface area contributed by atoms with Crippen LogP contribution < -0.4 is 10.1 Å². The molecule has 0 aliphatic rings. The average Bonchev–Trinajstić information content (AvgIpc) is 2.57. The molecule has 0 radical (unpaired) electrons. The normalized spacial score (nSPS) is 11.2. The molecule has 1 aromatic heterocycles. The number of hydrogen-bond acceptors (Lipinski definition) is 3. The number of aryl methyl sites for hydroxylation is 1. The number of amides is 1. The molecule has 0 atom stereocenters. The highest BCUT2D eigenvalue weighted by Gasteiger charge is 2.28. The van der Waals surface area contributed by atoms with E-state index >= 15 is 0 Å². The van der Waals surface area contributed by atoms with E-state index in [1.807, 2.05) is 18.2 Å². The van der Waals surface area contributed by atoms with Crippen LogP contribution in [0.15, 0.2) is 42.6 Å². The first-order valence-electron chi connectivity index (χ1n) is 7.48. The van der Waals surface area contributed by atoms with E-state index in [0.29, 0.717) is 17.0 Å². The minimum absolute atomic E-state index is 0.139. The van der Waals surface area contributed by atoms with Gasteiger partial charge in [0.05, 0.1) is 0 Å². The minimum Gasteiger partial charge on any atom is -0.468 e. The first-order valence-corrected chi connectivity index (χ1v) is 7.86. The molecule has 2 rings (SSSR count). The zero-order valence-electron chi connectivity index (χ0n) is 13.1. The zero-order valence-corrected chi connectivity index (χ0v) is 13.9. The van der Waals surface area contributed by atoms with Crippen LogP contribution in [0, 0.1) is 0 Å². The lowest BCUT2D eigenvalue weighted by Gasteiger charge is -2.10. The van der Waals surface area contributed by atoms with Crippen molar-refractivity contribution >= 4 is 17.5 Å². The van der Waals surface area contributed by atoms with Crippen LogP contribution in [0.1, 0.15) is 17.5 Å². The maximum absolute atomic E-state index is 12.1. The molecular weight excluding hydrogens is 357 g/mol. The minimum atomic E-state index is -4.43. The molecule has 0 unspecified atom stereocenters. The summed E-state index contributed by atoms with van der Waals surface area (Å²) in [4.78, 5) is 15.6. The predicted octanol–water partition coefficient (Wildman–Crippen LogP) is 3.93. The second-order valence-corrected chi connectivity index (χ2v) is 5.68. The predicted molar refractivity (Wildman–Crippen MR) is 87.4 cm³/mol. The summed E-state index contributed by atoms with van der Waals surface area (Å²) in [5, 5.41) is 3.31. The molecule has 0 bridgehead atoms. The van der Waals surface area contributed by atoms with Crippen molar-refractivity contribution in [2.24, 2.45) is 0 Å². The number of hydrogen-bond donors (Lipinski definition) is 1. The number of halogens is 4. The number of benzene rings is 1. The van der Waals surface area contributed by atoms with Crippen LogP contribution >= 0.6 is 11.6 Å². The zero-order chi connectivity index (χ0) is 18.3. The number of nitrogens with one attached hydrogen (secondary N) is 1. The van der Waals surface area contributed by atoms with Crippen LogP contribution in [-0.4, -0.2) is 23.7 Å². The summed E-state index contributed by atoms with van der Waals surface area (Å²) in [7, 11) is 0. The summed E-state index contributed by atoms with van der Waals surface area (Å²) in [5.41, 5.74) is 1.48. The lowest BCUT2D eigenvalue weighted by molar-refractivity contribution is -0.154. The highest BCUT2D eigenvalue weighted by molar-refractivity contribution is 6.31. The van der Waals surface area contributed by atoms with Gasteiger partial charge in [0.2, 0.25) is 11.8 Å². The van der Waals surface area contributed by atoms with Crippen molar-refractivity contribution in [2.75, 3.05) is 6.61 Å². The van der Waals surface area contributed by atoms with Crippen molar-refractivity contribution in [3.05, 3.63) is 58.7 Å². The molecule has 1 amide bonds. The first kappa shape index (κ1) is 19.1. The largest absolute Gasteiger partial charge is 0.468 e. The summed E-state index contributed by atoms with van der Waals surface area (Å²) in [6.07, 6.45) is -2.34. The van der Waals surface area contributed by atoms with Crippen molar-refractivity contribution in [1.29, 1.82) is 0 Å². The van der Waals surface area contributed by atoms with Gasteiger partial charge in [-0.2, -0.15) is 13.2 Å². The lowest BCUT2D eigenvalue weighted by Crippen LogP contribution is -2.23. The molecule has 0 aliphatic heterocycles. The second kappa shape index (κ2) is 8.71. The van der Waals surface area contributed by atoms with Gasteiger partial charge in [-0.25, -0.2) is 4.98 Å². The van der Waals surface area contributed by atoms with Gasteiger partial charge in [0, 0.05) is 30.3 Å². The molecule has 1 N–H and O–H groups in total. The number of alkyl halides is 3. The molecular formula is C17H16ClF3N2O2. The molecule has 4 nitrogen and oxygen atoms in total. The third-order valence-electron chi connectivity index (χ3n) is 3.25. The van der Waals surface area contributed by atoms with Crippen LogP contribution in [0.5, 0.6) is 5.88 Å². The number of nitrogens with zero attached hydrogens (tertiary/aromatic N) is 1. The van der Waals surface area contributed by atoms with Gasteiger partial charge in [0.25, 0.3) is 0 Å². The fourth-order valence-electron chi connectivity index (χ4n) is 2.03. The van der Waals surface area contributed by atoms with E-state index in [4.69, 9.17) is 11.6 Å². The fraction of sp³-hybridized carbons (Fsp3) is 0.294. The van der Waals surface area contributed by atoms with E-state index < -0.39 is 12.8 Å². The number of rotatable bonds is 7. The van der Waals surface area contributed by atoms with Crippen molar-refractivity contribution in [3.8, 4) is 5.88 Å². The molecule has 8 heteroatoms. The summed E-state index contributed by atoms with van der Waals surface area (Å²) >= 11 is 6.03. The van der Waals surface area contributed by atoms with E-state index in [1.54, 1.807) is 12.1 Å². The van der Waals surface area contributed by atoms with Crippen molar-refractivity contribution in [3.63, 3.8) is 0 Å². The van der Waals surface area contributed by atoms with E-state index in [0.717, 1.165) is 5.56 Å². The molecule has 1 heterocycles. The van der Waals surface area contributed by atoms with E-state index in [1.165, 1.54) is 12.3 Å². The Hall–Kier alpha value is -2.28. The molecule has 0 spiro atoms. The third-order valence-corrected chi connectivity index (χ3v) is 3.62. The highest BCUT2D eigenvalue weighted by Crippen LogP contribution is 2.18. The number of carbonyl (C=O) groups excluding carboxylic acids is 1. The van der Waals surface area contributed by atoms with Gasteiger partial charge in [-0.1, -0.05) is 29.8 Å². The summed E-state index contributed by atoms with van der Waals surface area (Å²) in [6.45, 7) is -1.24. The molecule has 0 saturated heterocycles. The molecule has 134 valence electrons. The van der Waals surface area contributed by atoms with Crippen LogP contribution in [0.25, 0.3) is 0 Å². The van der Waals surface area contributed by atoms with E-state index in [2.05, 4.69) is 15.0 Å². The first-order chi connectivity index (χ1) is 11.8. The number of carbonyl (C=O) groups is 1. The number of pyridine rings is 1. The second-order valence-electron chi connectivity index (χ2n) is 5.27. The van der Waals surface area contributed by atoms with Gasteiger partial charge in [0.1, 0.15) is 0 Å². The van der Waals surface area contributed by atoms with Gasteiger partial charge in [-0.05, 0) is 29.7 Å². The third kappa shape index (κ3) is 7.01. The fourth-order valence-corrected chi connectivity index (χ4v) is 2.26. The Morgan fingerprint density at radius 2 is 2.00 bits per heavy atom. The molecule has 0 aliphatic carbocycles. The standard InChI is InChI=1S/C17H16ClF3N2O2/c18-14-4-2-1-3-13(14)5-6-15(24)23-10-12-7-8-22-16(9-12)25-11-17(19,20)21/h1-4,7-9H,5-6,10-11H2,(H,23,24). The summed E-state index contributed by atoms with van der Waals surface area (Å²) in [5.74, 6) is -0.324. The van der Waals surface area contributed by atoms with Crippen molar-refractivity contribution in [1.82, 2.24) is 10.3 Å². The smallest absolute Gasteiger partial charge is 0.422 e.